The van der Waals surface area contributed by atoms with E-state index in [1.54, 1.807) is 50.4 Å². The van der Waals surface area contributed by atoms with Gasteiger partial charge in [-0.25, -0.2) is 17.1 Å². The predicted molar refractivity (Wildman–Crippen MR) is 107 cm³/mol. The summed E-state index contributed by atoms with van der Waals surface area (Å²) in [7, 11) is -0.516. The molecule has 0 bridgehead atoms. The minimum Gasteiger partial charge on any atom is -0.497 e. The van der Waals surface area contributed by atoms with Gasteiger partial charge in [0.2, 0.25) is 10.0 Å². The summed E-state index contributed by atoms with van der Waals surface area (Å²) in [5, 5.41) is 0. The molecule has 1 unspecified atom stereocenters. The van der Waals surface area contributed by atoms with Gasteiger partial charge in [-0.3, -0.25) is 0 Å². The van der Waals surface area contributed by atoms with Crippen molar-refractivity contribution in [3.05, 3.63) is 78.1 Å². The van der Waals surface area contributed by atoms with Crippen LogP contribution in [0.25, 0.3) is 0 Å². The summed E-state index contributed by atoms with van der Waals surface area (Å²) in [6, 6.07) is 13.5. The molecule has 0 fully saturated rings. The molecular formula is C21H26FNO3S. The van der Waals surface area contributed by atoms with E-state index in [4.69, 9.17) is 4.74 Å². The lowest BCUT2D eigenvalue weighted by atomic mass is 9.81. The van der Waals surface area contributed by atoms with Crippen LogP contribution in [0.15, 0.2) is 61.2 Å². The molecule has 0 radical (unpaired) electrons. The fourth-order valence-electron chi connectivity index (χ4n) is 3.12. The van der Waals surface area contributed by atoms with E-state index < -0.39 is 21.3 Å². The van der Waals surface area contributed by atoms with Crippen LogP contribution in [0.2, 0.25) is 0 Å². The molecule has 0 saturated heterocycles. The largest absolute Gasteiger partial charge is 0.497 e. The normalized spacial score (nSPS) is 14.0. The van der Waals surface area contributed by atoms with Gasteiger partial charge >= 0.3 is 0 Å². The number of benzene rings is 2. The van der Waals surface area contributed by atoms with E-state index in [-0.39, 0.29) is 12.3 Å². The third-order valence-corrected chi connectivity index (χ3v) is 6.74. The third kappa shape index (κ3) is 5.17. The van der Waals surface area contributed by atoms with Crippen LogP contribution in [0, 0.1) is 5.82 Å². The van der Waals surface area contributed by atoms with Gasteiger partial charge in [0, 0.05) is 19.0 Å². The van der Waals surface area contributed by atoms with Crippen molar-refractivity contribution in [1.82, 2.24) is 4.31 Å². The maximum atomic E-state index is 14.3. The van der Waals surface area contributed by atoms with Crippen LogP contribution in [-0.4, -0.2) is 32.6 Å². The first kappa shape index (κ1) is 21.1. The second-order valence-corrected chi connectivity index (χ2v) is 8.97. The molecule has 146 valence electrons. The Bertz CT molecular complexity index is 881. The summed E-state index contributed by atoms with van der Waals surface area (Å²) < 4.78 is 46.7. The van der Waals surface area contributed by atoms with E-state index in [9.17, 15) is 12.8 Å². The zero-order valence-corrected chi connectivity index (χ0v) is 16.8. The minimum atomic E-state index is -3.63. The molecule has 2 rings (SSSR count). The molecular weight excluding hydrogens is 365 g/mol. The molecule has 1 atom stereocenters. The highest BCUT2D eigenvalue weighted by Gasteiger charge is 2.35. The van der Waals surface area contributed by atoms with Crippen molar-refractivity contribution in [3.63, 3.8) is 0 Å². The average Bonchev–Trinajstić information content (AvgIpc) is 2.62. The van der Waals surface area contributed by atoms with Gasteiger partial charge in [-0.2, -0.15) is 0 Å². The van der Waals surface area contributed by atoms with Crippen molar-refractivity contribution >= 4 is 10.0 Å². The zero-order valence-electron chi connectivity index (χ0n) is 16.0. The average molecular weight is 392 g/mol. The molecule has 4 nitrogen and oxygen atoms in total. The van der Waals surface area contributed by atoms with Gasteiger partial charge in [0.05, 0.1) is 12.9 Å². The molecule has 27 heavy (non-hydrogen) atoms. The van der Waals surface area contributed by atoms with E-state index in [2.05, 4.69) is 6.58 Å². The molecule has 2 aromatic rings. The predicted octanol–water partition coefficient (Wildman–Crippen LogP) is 4.13. The van der Waals surface area contributed by atoms with Gasteiger partial charge in [0.15, 0.2) is 0 Å². The van der Waals surface area contributed by atoms with Gasteiger partial charge in [0.1, 0.15) is 11.6 Å². The van der Waals surface area contributed by atoms with E-state index in [1.807, 2.05) is 12.1 Å². The van der Waals surface area contributed by atoms with E-state index in [0.29, 0.717) is 17.7 Å². The summed E-state index contributed by atoms with van der Waals surface area (Å²) in [5.74, 6) is 0.0943. The first-order chi connectivity index (χ1) is 12.7. The number of ether oxygens (including phenoxy) is 1. The third-order valence-electron chi connectivity index (χ3n) is 4.66. The zero-order chi connectivity index (χ0) is 20.1. The summed E-state index contributed by atoms with van der Waals surface area (Å²) in [6.45, 7) is 5.70. The number of methoxy groups -OCH3 is 1. The fraction of sp³-hybridized carbons (Fsp3) is 0.333. The lowest BCUT2D eigenvalue weighted by molar-refractivity contribution is 0.414. The van der Waals surface area contributed by atoms with Crippen LogP contribution in [0.3, 0.4) is 0 Å². The number of sulfonamides is 1. The Morgan fingerprint density at radius 2 is 1.81 bits per heavy atom. The Morgan fingerprint density at radius 3 is 2.37 bits per heavy atom. The smallest absolute Gasteiger partial charge is 0.215 e. The summed E-state index contributed by atoms with van der Waals surface area (Å²) in [6.07, 6.45) is 1.98. The molecule has 0 N–H and O–H groups in total. The Balaban J connectivity index is 2.24. The van der Waals surface area contributed by atoms with Crippen LogP contribution >= 0.6 is 0 Å². The number of hydrogen-bond acceptors (Lipinski definition) is 3. The van der Waals surface area contributed by atoms with Gasteiger partial charge in [0.25, 0.3) is 0 Å². The van der Waals surface area contributed by atoms with Crippen LogP contribution in [0.4, 0.5) is 4.39 Å². The maximum absolute atomic E-state index is 14.3. The highest BCUT2D eigenvalue weighted by atomic mass is 32.2. The standard InChI is InChI=1S/C21H26FNO3S/c1-5-14-21(2,19-8-6-7-9-20(19)22)16-27(24,25)23(3)15-17-10-12-18(26-4)13-11-17/h5-13H,1,14-16H2,2-4H3. The SMILES string of the molecule is C=CCC(C)(CS(=O)(=O)N(C)Cc1ccc(OC)cc1)c1ccccc1F. The number of rotatable bonds is 9. The molecule has 0 aliphatic rings. The lowest BCUT2D eigenvalue weighted by Crippen LogP contribution is -2.39. The van der Waals surface area contributed by atoms with Gasteiger partial charge in [-0.1, -0.05) is 43.3 Å². The second kappa shape index (κ2) is 8.67. The molecule has 0 aliphatic heterocycles. The summed E-state index contributed by atoms with van der Waals surface area (Å²) in [4.78, 5) is 0. The minimum absolute atomic E-state index is 0.209. The highest BCUT2D eigenvalue weighted by molar-refractivity contribution is 7.89. The summed E-state index contributed by atoms with van der Waals surface area (Å²) in [5.41, 5.74) is 0.324. The van der Waals surface area contributed by atoms with Gasteiger partial charge in [-0.05, 0) is 35.7 Å². The molecule has 0 amide bonds. The fourth-order valence-corrected chi connectivity index (χ4v) is 4.76. The highest BCUT2D eigenvalue weighted by Crippen LogP contribution is 2.32. The number of allylic oxidation sites excluding steroid dienone is 1. The topological polar surface area (TPSA) is 46.6 Å². The number of nitrogens with zero attached hydrogens (tertiary/aromatic N) is 1. The molecule has 6 heteroatoms. The molecule has 0 aromatic heterocycles. The Morgan fingerprint density at radius 1 is 1.19 bits per heavy atom. The van der Waals surface area contributed by atoms with Crippen LogP contribution < -0.4 is 4.74 Å². The van der Waals surface area contributed by atoms with Gasteiger partial charge < -0.3 is 4.74 Å². The van der Waals surface area contributed by atoms with Crippen LogP contribution in [0.5, 0.6) is 5.75 Å². The lowest BCUT2D eigenvalue weighted by Gasteiger charge is -2.31. The summed E-state index contributed by atoms with van der Waals surface area (Å²) >= 11 is 0. The van der Waals surface area contributed by atoms with Crippen molar-refractivity contribution in [2.45, 2.75) is 25.3 Å². The monoisotopic (exact) mass is 391 g/mol. The van der Waals surface area contributed by atoms with Crippen LogP contribution in [0.1, 0.15) is 24.5 Å². The quantitative estimate of drug-likeness (QED) is 0.604. The second-order valence-electron chi connectivity index (χ2n) is 6.89. The molecule has 0 spiro atoms. The van der Waals surface area contributed by atoms with Crippen molar-refractivity contribution in [2.24, 2.45) is 0 Å². The van der Waals surface area contributed by atoms with E-state index in [1.165, 1.54) is 17.4 Å². The number of halogens is 1. The van der Waals surface area contributed by atoms with Gasteiger partial charge in [-0.15, -0.1) is 6.58 Å². The first-order valence-corrected chi connectivity index (χ1v) is 10.3. The number of hydrogen-bond donors (Lipinski definition) is 0. The molecule has 0 heterocycles. The van der Waals surface area contributed by atoms with Crippen molar-refractivity contribution in [2.75, 3.05) is 19.9 Å². The van der Waals surface area contributed by atoms with Crippen molar-refractivity contribution in [3.8, 4) is 5.75 Å². The Kier molecular flexibility index (Phi) is 6.78. The van der Waals surface area contributed by atoms with E-state index >= 15 is 0 Å². The molecule has 0 aliphatic carbocycles. The Labute approximate surface area is 161 Å². The van der Waals surface area contributed by atoms with Crippen molar-refractivity contribution < 1.29 is 17.5 Å². The Hall–Kier alpha value is -2.18. The van der Waals surface area contributed by atoms with Crippen molar-refractivity contribution in [1.29, 1.82) is 0 Å². The molecule has 0 saturated carbocycles. The molecule has 2 aromatic carbocycles. The first-order valence-electron chi connectivity index (χ1n) is 8.65. The van der Waals surface area contributed by atoms with E-state index in [0.717, 1.165) is 5.56 Å². The maximum Gasteiger partial charge on any atom is 0.215 e. The van der Waals surface area contributed by atoms with Crippen LogP contribution in [-0.2, 0) is 22.0 Å².